The van der Waals surface area contributed by atoms with Crippen molar-refractivity contribution in [2.45, 2.75) is 33.4 Å². The Labute approximate surface area is 172 Å². The van der Waals surface area contributed by atoms with Crippen LogP contribution in [0.25, 0.3) is 0 Å². The molecule has 2 rings (SSSR count). The first-order valence-corrected chi connectivity index (χ1v) is 8.65. The highest BCUT2D eigenvalue weighted by molar-refractivity contribution is 14.0. The minimum absolute atomic E-state index is 0. The number of guanidine groups is 1. The van der Waals surface area contributed by atoms with Gasteiger partial charge in [0.2, 0.25) is 0 Å². The third-order valence-corrected chi connectivity index (χ3v) is 3.87. The lowest BCUT2D eigenvalue weighted by atomic mass is 10.3. The maximum Gasteiger partial charge on any atom is 0.191 e. The van der Waals surface area contributed by atoms with Gasteiger partial charge in [-0.2, -0.15) is 0 Å². The third-order valence-electron chi connectivity index (χ3n) is 3.87. The molecule has 0 atom stereocenters. The van der Waals surface area contributed by atoms with Crippen molar-refractivity contribution in [3.8, 4) is 0 Å². The highest BCUT2D eigenvalue weighted by Gasteiger charge is 2.06. The second-order valence-electron chi connectivity index (χ2n) is 5.90. The lowest BCUT2D eigenvalue weighted by molar-refractivity contribution is 0.145. The van der Waals surface area contributed by atoms with Crippen molar-refractivity contribution >= 4 is 29.9 Å². The summed E-state index contributed by atoms with van der Waals surface area (Å²) < 4.78 is 9.36. The molecular formula is C17H30IN7O. The standard InChI is InChI=1S/C17H29N7O.HI/c1-5-25-10-6-8-18-17(19-11-15-7-9-23(3)13-15)20-12-16-22-21-14(2)24(16)4;/h7,9,13H,5-6,8,10-12H2,1-4H3,(H2,18,19,20);1H. The predicted molar refractivity (Wildman–Crippen MR) is 114 cm³/mol. The van der Waals surface area contributed by atoms with Crippen LogP contribution in [0.3, 0.4) is 0 Å². The van der Waals surface area contributed by atoms with Crippen LogP contribution in [-0.4, -0.2) is 45.0 Å². The van der Waals surface area contributed by atoms with Gasteiger partial charge in [0.05, 0.1) is 13.1 Å². The van der Waals surface area contributed by atoms with Crippen LogP contribution >= 0.6 is 24.0 Å². The summed E-state index contributed by atoms with van der Waals surface area (Å²) in [6.45, 7) is 7.44. The molecule has 26 heavy (non-hydrogen) atoms. The largest absolute Gasteiger partial charge is 0.382 e. The Hall–Kier alpha value is -1.62. The number of halogens is 1. The summed E-state index contributed by atoms with van der Waals surface area (Å²) in [6, 6.07) is 2.07. The fourth-order valence-corrected chi connectivity index (χ4v) is 2.29. The molecule has 0 spiro atoms. The monoisotopic (exact) mass is 475 g/mol. The van der Waals surface area contributed by atoms with Crippen LogP contribution in [-0.2, 0) is 31.9 Å². The SMILES string of the molecule is CCOCCCNC(=NCc1ccn(C)c1)NCc1nnc(C)n1C.I. The first-order chi connectivity index (χ1) is 12.1. The van der Waals surface area contributed by atoms with Gasteiger partial charge in [0.1, 0.15) is 5.82 Å². The van der Waals surface area contributed by atoms with Crippen molar-refractivity contribution in [3.63, 3.8) is 0 Å². The highest BCUT2D eigenvalue weighted by Crippen LogP contribution is 2.01. The first kappa shape index (κ1) is 22.4. The van der Waals surface area contributed by atoms with Crippen LogP contribution < -0.4 is 10.6 Å². The smallest absolute Gasteiger partial charge is 0.191 e. The molecule has 2 aromatic rings. The Morgan fingerprint density at radius 1 is 1.27 bits per heavy atom. The first-order valence-electron chi connectivity index (χ1n) is 8.65. The van der Waals surface area contributed by atoms with E-state index in [1.165, 1.54) is 5.56 Å². The summed E-state index contributed by atoms with van der Waals surface area (Å²) >= 11 is 0. The number of aryl methyl sites for hydroxylation is 2. The predicted octanol–water partition coefficient (Wildman–Crippen LogP) is 1.74. The average Bonchev–Trinajstić information content (AvgIpc) is 3.16. The van der Waals surface area contributed by atoms with Crippen molar-refractivity contribution in [1.82, 2.24) is 30.0 Å². The fourth-order valence-electron chi connectivity index (χ4n) is 2.29. The molecule has 0 unspecified atom stereocenters. The van der Waals surface area contributed by atoms with Crippen LogP contribution in [0, 0.1) is 6.92 Å². The van der Waals surface area contributed by atoms with Gasteiger partial charge in [0.25, 0.3) is 0 Å². The number of hydrogen-bond acceptors (Lipinski definition) is 4. The van der Waals surface area contributed by atoms with Crippen LogP contribution in [0.2, 0.25) is 0 Å². The van der Waals surface area contributed by atoms with Crippen LogP contribution in [0.5, 0.6) is 0 Å². The van der Waals surface area contributed by atoms with Crippen molar-refractivity contribution in [1.29, 1.82) is 0 Å². The molecule has 0 aliphatic heterocycles. The Balaban J connectivity index is 0.00000338. The number of aromatic nitrogens is 4. The second kappa shape index (κ2) is 11.9. The molecule has 0 aliphatic carbocycles. The van der Waals surface area contributed by atoms with Crippen LogP contribution in [0.4, 0.5) is 0 Å². The third kappa shape index (κ3) is 7.32. The quantitative estimate of drug-likeness (QED) is 0.250. The summed E-state index contributed by atoms with van der Waals surface area (Å²) in [6.07, 6.45) is 5.03. The maximum absolute atomic E-state index is 5.37. The molecule has 0 aromatic carbocycles. The van der Waals surface area contributed by atoms with Gasteiger partial charge in [-0.25, -0.2) is 4.99 Å². The van der Waals surface area contributed by atoms with Gasteiger partial charge in [-0.3, -0.25) is 0 Å². The number of nitrogens with zero attached hydrogens (tertiary/aromatic N) is 5. The number of rotatable bonds is 9. The number of ether oxygens (including phenoxy) is 1. The van der Waals surface area contributed by atoms with Crippen molar-refractivity contribution in [2.75, 3.05) is 19.8 Å². The highest BCUT2D eigenvalue weighted by atomic mass is 127. The van der Waals surface area contributed by atoms with E-state index in [0.29, 0.717) is 13.1 Å². The van der Waals surface area contributed by atoms with Gasteiger partial charge >= 0.3 is 0 Å². The molecular weight excluding hydrogens is 445 g/mol. The van der Waals surface area contributed by atoms with E-state index in [9.17, 15) is 0 Å². The minimum Gasteiger partial charge on any atom is -0.382 e. The molecule has 146 valence electrons. The summed E-state index contributed by atoms with van der Waals surface area (Å²) in [5.74, 6) is 2.53. The van der Waals surface area contributed by atoms with Crippen molar-refractivity contribution < 1.29 is 4.74 Å². The number of nitrogens with one attached hydrogen (secondary N) is 2. The minimum atomic E-state index is 0. The lowest BCUT2D eigenvalue weighted by Gasteiger charge is -2.12. The van der Waals surface area contributed by atoms with Gasteiger partial charge in [-0.15, -0.1) is 34.2 Å². The summed E-state index contributed by atoms with van der Waals surface area (Å²) in [5.41, 5.74) is 1.17. The van der Waals surface area contributed by atoms with Gasteiger partial charge in [-0.05, 0) is 31.9 Å². The molecule has 2 heterocycles. The Morgan fingerprint density at radius 2 is 2.08 bits per heavy atom. The second-order valence-corrected chi connectivity index (χ2v) is 5.90. The van der Waals surface area contributed by atoms with Crippen LogP contribution in [0.15, 0.2) is 23.5 Å². The molecule has 0 aliphatic rings. The van der Waals surface area contributed by atoms with Crippen molar-refractivity contribution in [2.24, 2.45) is 19.1 Å². The molecule has 0 fully saturated rings. The van der Waals surface area contributed by atoms with E-state index in [-0.39, 0.29) is 24.0 Å². The van der Waals surface area contributed by atoms with Crippen molar-refractivity contribution in [3.05, 3.63) is 35.7 Å². The average molecular weight is 475 g/mol. The molecule has 8 nitrogen and oxygen atoms in total. The molecule has 0 amide bonds. The lowest BCUT2D eigenvalue weighted by Crippen LogP contribution is -2.38. The Kier molecular flexibility index (Phi) is 10.3. The van der Waals surface area contributed by atoms with Gasteiger partial charge in [0, 0.05) is 46.2 Å². The van der Waals surface area contributed by atoms with E-state index < -0.39 is 0 Å². The normalized spacial score (nSPS) is 11.3. The molecule has 0 bridgehead atoms. The summed E-state index contributed by atoms with van der Waals surface area (Å²) in [4.78, 5) is 4.66. The Bertz CT molecular complexity index is 680. The number of hydrogen-bond donors (Lipinski definition) is 2. The molecule has 0 saturated carbocycles. The van der Waals surface area contributed by atoms with Crippen LogP contribution in [0.1, 0.15) is 30.6 Å². The summed E-state index contributed by atoms with van der Waals surface area (Å²) in [5, 5.41) is 14.9. The molecule has 2 aromatic heterocycles. The molecule has 2 N–H and O–H groups in total. The van der Waals surface area contributed by atoms with E-state index in [0.717, 1.165) is 43.8 Å². The topological polar surface area (TPSA) is 81.3 Å². The summed E-state index contributed by atoms with van der Waals surface area (Å²) in [7, 11) is 3.97. The van der Waals surface area contributed by atoms with Gasteiger partial charge < -0.3 is 24.5 Å². The van der Waals surface area contributed by atoms with E-state index >= 15 is 0 Å². The van der Waals surface area contributed by atoms with E-state index in [2.05, 4.69) is 38.1 Å². The fraction of sp³-hybridized carbons (Fsp3) is 0.588. The molecule has 0 saturated heterocycles. The molecule has 9 heteroatoms. The van der Waals surface area contributed by atoms with E-state index in [4.69, 9.17) is 4.74 Å². The Morgan fingerprint density at radius 3 is 2.69 bits per heavy atom. The van der Waals surface area contributed by atoms with Gasteiger partial charge in [0.15, 0.2) is 11.8 Å². The zero-order chi connectivity index (χ0) is 18.1. The maximum atomic E-state index is 5.37. The molecule has 0 radical (unpaired) electrons. The zero-order valence-corrected chi connectivity index (χ0v) is 18.4. The number of aliphatic imine (C=N–C) groups is 1. The van der Waals surface area contributed by atoms with E-state index in [1.54, 1.807) is 0 Å². The van der Waals surface area contributed by atoms with Gasteiger partial charge in [-0.1, -0.05) is 0 Å². The van der Waals surface area contributed by atoms with E-state index in [1.807, 2.05) is 43.3 Å². The zero-order valence-electron chi connectivity index (χ0n) is 16.0.